The van der Waals surface area contributed by atoms with Crippen LogP contribution in [0.4, 0.5) is 0 Å². The lowest BCUT2D eigenvalue weighted by atomic mass is 10.2. The van der Waals surface area contributed by atoms with Crippen molar-refractivity contribution in [3.8, 4) is 17.1 Å². The molecule has 1 N–H and O–H groups in total. The largest absolute Gasteiger partial charge is 0.479 e. The topological polar surface area (TPSA) is 72.3 Å². The number of carboxylic acids is 1. The summed E-state index contributed by atoms with van der Waals surface area (Å²) in [4.78, 5) is 18.5. The Balaban J connectivity index is 2.12. The van der Waals surface area contributed by atoms with E-state index in [1.807, 2.05) is 24.3 Å². The summed E-state index contributed by atoms with van der Waals surface area (Å²) in [6.45, 7) is -0.402. The molecule has 0 aliphatic heterocycles. The van der Waals surface area contributed by atoms with Gasteiger partial charge in [-0.3, -0.25) is 0 Å². The fourth-order valence-electron chi connectivity index (χ4n) is 1.28. The minimum atomic E-state index is -1.04. The summed E-state index contributed by atoms with van der Waals surface area (Å²) in [5.74, 6) is -0.143. The number of benzene rings is 1. The van der Waals surface area contributed by atoms with Crippen molar-refractivity contribution in [3.05, 3.63) is 41.1 Å². The number of hydrogen-bond acceptors (Lipinski definition) is 4. The van der Waals surface area contributed by atoms with Crippen molar-refractivity contribution in [1.29, 1.82) is 0 Å². The maximum atomic E-state index is 10.3. The van der Waals surface area contributed by atoms with Crippen LogP contribution in [0.3, 0.4) is 0 Å². The van der Waals surface area contributed by atoms with Crippen LogP contribution in [0.2, 0.25) is 0 Å². The summed E-state index contributed by atoms with van der Waals surface area (Å²) in [6.07, 6.45) is 2.90. The highest BCUT2D eigenvalue weighted by molar-refractivity contribution is 9.10. The van der Waals surface area contributed by atoms with Gasteiger partial charge in [0.25, 0.3) is 0 Å². The van der Waals surface area contributed by atoms with E-state index in [-0.39, 0.29) is 0 Å². The van der Waals surface area contributed by atoms with Gasteiger partial charge in [0.05, 0.1) is 12.4 Å². The van der Waals surface area contributed by atoms with Crippen molar-refractivity contribution >= 4 is 21.9 Å². The number of carboxylic acid groups (broad SMARTS) is 1. The van der Waals surface area contributed by atoms with E-state index in [0.717, 1.165) is 10.0 Å². The van der Waals surface area contributed by atoms with Crippen molar-refractivity contribution in [2.45, 2.75) is 0 Å². The third-order valence-electron chi connectivity index (χ3n) is 2.09. The van der Waals surface area contributed by atoms with Crippen LogP contribution in [0.15, 0.2) is 41.1 Å². The summed E-state index contributed by atoms with van der Waals surface area (Å²) in [7, 11) is 0. The Morgan fingerprint density at radius 3 is 2.39 bits per heavy atom. The van der Waals surface area contributed by atoms with E-state index in [1.165, 1.54) is 12.4 Å². The van der Waals surface area contributed by atoms with Crippen LogP contribution in [0.5, 0.6) is 5.75 Å². The molecule has 18 heavy (non-hydrogen) atoms. The molecular weight excluding hydrogens is 300 g/mol. The first-order valence-electron chi connectivity index (χ1n) is 5.08. The molecule has 0 aliphatic rings. The minimum absolute atomic E-state index is 0.332. The van der Waals surface area contributed by atoms with Crippen LogP contribution in [-0.4, -0.2) is 27.7 Å². The van der Waals surface area contributed by atoms with Gasteiger partial charge in [0.2, 0.25) is 0 Å². The monoisotopic (exact) mass is 308 g/mol. The SMILES string of the molecule is O=C(O)COc1cnc(-c2ccc(Br)cc2)nc1. The molecule has 0 saturated heterocycles. The van der Waals surface area contributed by atoms with Crippen LogP contribution in [0.25, 0.3) is 11.4 Å². The molecule has 1 aromatic carbocycles. The summed E-state index contributed by atoms with van der Waals surface area (Å²) in [5.41, 5.74) is 0.878. The van der Waals surface area contributed by atoms with Crippen molar-refractivity contribution in [3.63, 3.8) is 0 Å². The molecule has 0 saturated carbocycles. The van der Waals surface area contributed by atoms with E-state index in [4.69, 9.17) is 9.84 Å². The molecule has 0 unspecified atom stereocenters. The zero-order valence-corrected chi connectivity index (χ0v) is 10.8. The van der Waals surface area contributed by atoms with Crippen molar-refractivity contribution in [1.82, 2.24) is 9.97 Å². The van der Waals surface area contributed by atoms with E-state index in [2.05, 4.69) is 25.9 Å². The Kier molecular flexibility index (Phi) is 3.88. The summed E-state index contributed by atoms with van der Waals surface area (Å²) < 4.78 is 5.92. The highest BCUT2D eigenvalue weighted by atomic mass is 79.9. The Hall–Kier alpha value is -1.95. The van der Waals surface area contributed by atoms with Gasteiger partial charge in [0.1, 0.15) is 0 Å². The maximum absolute atomic E-state index is 10.3. The molecular formula is C12H9BrN2O3. The van der Waals surface area contributed by atoms with Gasteiger partial charge in [-0.05, 0) is 12.1 Å². The fraction of sp³-hybridized carbons (Fsp3) is 0.0833. The zero-order valence-electron chi connectivity index (χ0n) is 9.21. The van der Waals surface area contributed by atoms with Crippen molar-refractivity contribution in [2.75, 3.05) is 6.61 Å². The number of ether oxygens (including phenoxy) is 1. The number of hydrogen-bond donors (Lipinski definition) is 1. The van der Waals surface area contributed by atoms with E-state index < -0.39 is 12.6 Å². The first-order chi connectivity index (χ1) is 8.65. The molecule has 0 radical (unpaired) electrons. The Morgan fingerprint density at radius 2 is 1.83 bits per heavy atom. The summed E-state index contributed by atoms with van der Waals surface area (Å²) in [6, 6.07) is 7.56. The predicted molar refractivity (Wildman–Crippen MR) is 68.3 cm³/mol. The van der Waals surface area contributed by atoms with Crippen LogP contribution in [-0.2, 0) is 4.79 Å². The van der Waals surface area contributed by atoms with Gasteiger partial charge in [0, 0.05) is 10.0 Å². The second-order valence-corrected chi connectivity index (χ2v) is 4.35. The number of aliphatic carboxylic acids is 1. The lowest BCUT2D eigenvalue weighted by Crippen LogP contribution is -2.09. The molecule has 0 aliphatic carbocycles. The third-order valence-corrected chi connectivity index (χ3v) is 2.62. The Morgan fingerprint density at radius 1 is 1.22 bits per heavy atom. The molecule has 6 heteroatoms. The van der Waals surface area contributed by atoms with E-state index in [0.29, 0.717) is 11.6 Å². The molecule has 1 heterocycles. The molecule has 2 aromatic rings. The summed E-state index contributed by atoms with van der Waals surface area (Å²) >= 11 is 3.35. The second-order valence-electron chi connectivity index (χ2n) is 3.43. The number of carbonyl (C=O) groups is 1. The molecule has 0 bridgehead atoms. The van der Waals surface area contributed by atoms with Crippen LogP contribution >= 0.6 is 15.9 Å². The molecule has 5 nitrogen and oxygen atoms in total. The number of rotatable bonds is 4. The van der Waals surface area contributed by atoms with Crippen molar-refractivity contribution in [2.24, 2.45) is 0 Å². The normalized spacial score (nSPS) is 10.1. The van der Waals surface area contributed by atoms with Crippen LogP contribution in [0.1, 0.15) is 0 Å². The minimum Gasteiger partial charge on any atom is -0.479 e. The zero-order chi connectivity index (χ0) is 13.0. The molecule has 1 aromatic heterocycles. The van der Waals surface area contributed by atoms with Crippen LogP contribution < -0.4 is 4.74 Å². The highest BCUT2D eigenvalue weighted by Gasteiger charge is 2.03. The van der Waals surface area contributed by atoms with Gasteiger partial charge in [-0.2, -0.15) is 0 Å². The Labute approximate surface area is 112 Å². The molecule has 0 fully saturated rings. The predicted octanol–water partition coefficient (Wildman–Crippen LogP) is 2.37. The molecule has 92 valence electrons. The van der Waals surface area contributed by atoms with Gasteiger partial charge in [-0.15, -0.1) is 0 Å². The van der Waals surface area contributed by atoms with Gasteiger partial charge in [-0.1, -0.05) is 28.1 Å². The number of aromatic nitrogens is 2. The van der Waals surface area contributed by atoms with Crippen molar-refractivity contribution < 1.29 is 14.6 Å². The average Bonchev–Trinajstić information content (AvgIpc) is 2.38. The molecule has 0 atom stereocenters. The van der Waals surface area contributed by atoms with E-state index in [9.17, 15) is 4.79 Å². The fourth-order valence-corrected chi connectivity index (χ4v) is 1.55. The lowest BCUT2D eigenvalue weighted by molar-refractivity contribution is -0.139. The first-order valence-corrected chi connectivity index (χ1v) is 5.87. The second kappa shape index (κ2) is 5.59. The standard InChI is InChI=1S/C12H9BrN2O3/c13-9-3-1-8(2-4-9)12-14-5-10(6-15-12)18-7-11(16)17/h1-6H,7H2,(H,16,17). The molecule has 0 spiro atoms. The maximum Gasteiger partial charge on any atom is 0.341 e. The molecule has 0 amide bonds. The van der Waals surface area contributed by atoms with E-state index >= 15 is 0 Å². The van der Waals surface area contributed by atoms with Gasteiger partial charge >= 0.3 is 5.97 Å². The third kappa shape index (κ3) is 3.27. The van der Waals surface area contributed by atoms with Gasteiger partial charge in [-0.25, -0.2) is 14.8 Å². The van der Waals surface area contributed by atoms with Crippen LogP contribution in [0, 0.1) is 0 Å². The quantitative estimate of drug-likeness (QED) is 0.938. The number of halogens is 1. The summed E-state index contributed by atoms with van der Waals surface area (Å²) in [5, 5.41) is 8.46. The Bertz CT molecular complexity index is 540. The van der Waals surface area contributed by atoms with Gasteiger partial charge < -0.3 is 9.84 Å². The smallest absolute Gasteiger partial charge is 0.341 e. The highest BCUT2D eigenvalue weighted by Crippen LogP contribution is 2.19. The van der Waals surface area contributed by atoms with E-state index in [1.54, 1.807) is 0 Å². The molecule has 2 rings (SSSR count). The average molecular weight is 309 g/mol. The first kappa shape index (κ1) is 12.5. The number of nitrogens with zero attached hydrogens (tertiary/aromatic N) is 2. The lowest BCUT2D eigenvalue weighted by Gasteiger charge is -2.03. The van der Waals surface area contributed by atoms with Gasteiger partial charge in [0.15, 0.2) is 18.2 Å².